The van der Waals surface area contributed by atoms with Gasteiger partial charge in [0.15, 0.2) is 11.5 Å². The number of benzene rings is 2. The normalized spacial score (nSPS) is 10.7. The van der Waals surface area contributed by atoms with Gasteiger partial charge in [-0.1, -0.05) is 6.07 Å². The number of hydrogen-bond donors (Lipinski definition) is 1. The van der Waals surface area contributed by atoms with E-state index in [4.69, 9.17) is 9.47 Å². The van der Waals surface area contributed by atoms with Gasteiger partial charge in [-0.25, -0.2) is 0 Å². The number of carbonyl (C=O) groups is 1. The monoisotopic (exact) mass is 401 g/mol. The maximum absolute atomic E-state index is 12.4. The Balaban J connectivity index is 2.05. The zero-order chi connectivity index (χ0) is 21.6. The number of ether oxygens (including phenoxy) is 2. The number of nitrogens with one attached hydrogen (secondary N) is 1. The van der Waals surface area contributed by atoms with Crippen LogP contribution in [-0.2, 0) is 11.3 Å². The molecule has 0 fully saturated rings. The third-order valence-electron chi connectivity index (χ3n) is 4.48. The maximum atomic E-state index is 12.4. The average Bonchev–Trinajstić information content (AvgIpc) is 2.65. The highest BCUT2D eigenvalue weighted by atomic mass is 16.6. The molecule has 0 unspecified atom stereocenters. The van der Waals surface area contributed by atoms with Gasteiger partial charge in [-0.2, -0.15) is 0 Å². The van der Waals surface area contributed by atoms with Crippen LogP contribution < -0.4 is 14.8 Å². The van der Waals surface area contributed by atoms with E-state index in [1.54, 1.807) is 27.1 Å². The van der Waals surface area contributed by atoms with Crippen LogP contribution in [0.5, 0.6) is 11.5 Å². The predicted octanol–water partition coefficient (Wildman–Crippen LogP) is 3.69. The van der Waals surface area contributed by atoms with Crippen molar-refractivity contribution in [3.63, 3.8) is 0 Å². The standard InChI is InChI=1S/C21H27N3O5/c1-6-29-19-8-7-16(11-20(19)28-5)12-23(4)13-21(25)22-17-9-14(2)15(3)10-18(17)24(26)27/h7-11H,6,12-13H2,1-5H3,(H,22,25). The zero-order valence-electron chi connectivity index (χ0n) is 17.4. The molecular weight excluding hydrogens is 374 g/mol. The van der Waals surface area contributed by atoms with E-state index < -0.39 is 4.92 Å². The quantitative estimate of drug-likeness (QED) is 0.509. The molecule has 2 aromatic rings. The second kappa shape index (κ2) is 9.88. The fraction of sp³-hybridized carbons (Fsp3) is 0.381. The summed E-state index contributed by atoms with van der Waals surface area (Å²) in [6.07, 6.45) is 0. The van der Waals surface area contributed by atoms with E-state index in [1.807, 2.05) is 36.9 Å². The lowest BCUT2D eigenvalue weighted by molar-refractivity contribution is -0.384. The zero-order valence-corrected chi connectivity index (χ0v) is 17.4. The summed E-state index contributed by atoms with van der Waals surface area (Å²) < 4.78 is 10.9. The molecule has 0 bridgehead atoms. The first-order valence-corrected chi connectivity index (χ1v) is 9.28. The molecule has 156 valence electrons. The smallest absolute Gasteiger partial charge is 0.293 e. The second-order valence-electron chi connectivity index (χ2n) is 6.85. The van der Waals surface area contributed by atoms with Gasteiger partial charge in [0.05, 0.1) is 25.2 Å². The van der Waals surface area contributed by atoms with Crippen LogP contribution in [0.3, 0.4) is 0 Å². The van der Waals surface area contributed by atoms with Crippen molar-refractivity contribution in [1.29, 1.82) is 0 Å². The van der Waals surface area contributed by atoms with E-state index in [0.717, 1.165) is 16.7 Å². The number of methoxy groups -OCH3 is 1. The van der Waals surface area contributed by atoms with Crippen LogP contribution in [0.2, 0.25) is 0 Å². The topological polar surface area (TPSA) is 93.9 Å². The number of likely N-dealkylation sites (N-methyl/N-ethyl adjacent to an activating group) is 1. The van der Waals surface area contributed by atoms with Crippen molar-refractivity contribution in [1.82, 2.24) is 4.90 Å². The molecule has 0 aromatic heterocycles. The van der Waals surface area contributed by atoms with Crippen molar-refractivity contribution in [2.75, 3.05) is 32.6 Å². The minimum atomic E-state index is -0.488. The van der Waals surface area contributed by atoms with Crippen LogP contribution in [0.4, 0.5) is 11.4 Å². The lowest BCUT2D eigenvalue weighted by atomic mass is 10.1. The maximum Gasteiger partial charge on any atom is 0.293 e. The van der Waals surface area contributed by atoms with E-state index in [2.05, 4.69) is 5.32 Å². The van der Waals surface area contributed by atoms with E-state index in [1.165, 1.54) is 6.07 Å². The van der Waals surface area contributed by atoms with Crippen LogP contribution in [0, 0.1) is 24.0 Å². The summed E-state index contributed by atoms with van der Waals surface area (Å²) in [5.74, 6) is 0.978. The molecule has 0 saturated heterocycles. The first-order chi connectivity index (χ1) is 13.7. The van der Waals surface area contributed by atoms with E-state index >= 15 is 0 Å². The van der Waals surface area contributed by atoms with Gasteiger partial charge in [0.1, 0.15) is 5.69 Å². The Morgan fingerprint density at radius 1 is 1.17 bits per heavy atom. The lowest BCUT2D eigenvalue weighted by Gasteiger charge is -2.18. The minimum Gasteiger partial charge on any atom is -0.493 e. The van der Waals surface area contributed by atoms with Gasteiger partial charge in [-0.05, 0) is 62.7 Å². The van der Waals surface area contributed by atoms with E-state index in [0.29, 0.717) is 24.7 Å². The number of rotatable bonds is 9. The van der Waals surface area contributed by atoms with Crippen molar-refractivity contribution < 1.29 is 19.2 Å². The average molecular weight is 401 g/mol. The van der Waals surface area contributed by atoms with Gasteiger partial charge in [-0.15, -0.1) is 0 Å². The third-order valence-corrected chi connectivity index (χ3v) is 4.48. The number of hydrogen-bond acceptors (Lipinski definition) is 6. The Kier molecular flexibility index (Phi) is 7.55. The van der Waals surface area contributed by atoms with Crippen molar-refractivity contribution in [3.05, 3.63) is 57.1 Å². The summed E-state index contributed by atoms with van der Waals surface area (Å²) in [7, 11) is 3.38. The van der Waals surface area contributed by atoms with Gasteiger partial charge in [-0.3, -0.25) is 19.8 Å². The number of anilines is 1. The highest BCUT2D eigenvalue weighted by Crippen LogP contribution is 2.29. The Labute approximate surface area is 170 Å². The first kappa shape index (κ1) is 22.2. The van der Waals surface area contributed by atoms with Crippen molar-refractivity contribution >= 4 is 17.3 Å². The SMILES string of the molecule is CCOc1ccc(CN(C)CC(=O)Nc2cc(C)c(C)cc2[N+](=O)[O-])cc1OC. The Morgan fingerprint density at radius 2 is 1.86 bits per heavy atom. The van der Waals surface area contributed by atoms with Crippen molar-refractivity contribution in [2.24, 2.45) is 0 Å². The molecule has 1 amide bonds. The summed E-state index contributed by atoms with van der Waals surface area (Å²) in [6.45, 7) is 6.68. The van der Waals surface area contributed by atoms with Gasteiger partial charge >= 0.3 is 0 Å². The second-order valence-corrected chi connectivity index (χ2v) is 6.85. The molecule has 0 radical (unpaired) electrons. The first-order valence-electron chi connectivity index (χ1n) is 9.28. The Morgan fingerprint density at radius 3 is 2.48 bits per heavy atom. The predicted molar refractivity (Wildman–Crippen MR) is 112 cm³/mol. The molecule has 2 rings (SSSR count). The molecule has 1 N–H and O–H groups in total. The molecule has 0 atom stereocenters. The molecule has 0 saturated carbocycles. The van der Waals surface area contributed by atoms with Gasteiger partial charge in [0.25, 0.3) is 5.69 Å². The highest BCUT2D eigenvalue weighted by molar-refractivity contribution is 5.94. The third kappa shape index (κ3) is 5.92. The fourth-order valence-electron chi connectivity index (χ4n) is 2.94. The Bertz CT molecular complexity index is 898. The van der Waals surface area contributed by atoms with Crippen LogP contribution >= 0.6 is 0 Å². The summed E-state index contributed by atoms with van der Waals surface area (Å²) in [5, 5.41) is 13.9. The molecule has 0 aliphatic heterocycles. The van der Waals surface area contributed by atoms with Crippen molar-refractivity contribution in [3.8, 4) is 11.5 Å². The highest BCUT2D eigenvalue weighted by Gasteiger charge is 2.18. The largest absolute Gasteiger partial charge is 0.493 e. The van der Waals surface area contributed by atoms with Crippen LogP contribution in [0.25, 0.3) is 0 Å². The molecular formula is C21H27N3O5. The number of nitro groups is 1. The summed E-state index contributed by atoms with van der Waals surface area (Å²) in [6, 6.07) is 8.72. The van der Waals surface area contributed by atoms with E-state index in [-0.39, 0.29) is 23.8 Å². The van der Waals surface area contributed by atoms with Gasteiger partial charge < -0.3 is 14.8 Å². The molecule has 8 nitrogen and oxygen atoms in total. The molecule has 0 heterocycles. The lowest BCUT2D eigenvalue weighted by Crippen LogP contribution is -2.30. The molecule has 0 aliphatic carbocycles. The summed E-state index contributed by atoms with van der Waals surface area (Å²) in [5.41, 5.74) is 2.73. The van der Waals surface area contributed by atoms with Crippen LogP contribution in [0.1, 0.15) is 23.6 Å². The number of carbonyl (C=O) groups excluding carboxylic acids is 1. The summed E-state index contributed by atoms with van der Waals surface area (Å²) in [4.78, 5) is 25.0. The van der Waals surface area contributed by atoms with Gasteiger partial charge in [0.2, 0.25) is 5.91 Å². The van der Waals surface area contributed by atoms with Gasteiger partial charge in [0, 0.05) is 12.6 Å². The molecule has 0 aliphatic rings. The number of nitro benzene ring substituents is 1. The van der Waals surface area contributed by atoms with Crippen molar-refractivity contribution in [2.45, 2.75) is 27.3 Å². The fourth-order valence-corrected chi connectivity index (χ4v) is 2.94. The Hall–Kier alpha value is -3.13. The number of amides is 1. The molecule has 0 spiro atoms. The van der Waals surface area contributed by atoms with Crippen LogP contribution in [0.15, 0.2) is 30.3 Å². The van der Waals surface area contributed by atoms with E-state index in [9.17, 15) is 14.9 Å². The number of nitrogens with zero attached hydrogens (tertiary/aromatic N) is 2. The van der Waals surface area contributed by atoms with Crippen LogP contribution in [-0.4, -0.2) is 43.0 Å². The minimum absolute atomic E-state index is 0.0829. The molecule has 2 aromatic carbocycles. The molecule has 8 heteroatoms. The molecule has 29 heavy (non-hydrogen) atoms. The number of aryl methyl sites for hydroxylation is 2. The summed E-state index contributed by atoms with van der Waals surface area (Å²) >= 11 is 0.